The van der Waals surface area contributed by atoms with Crippen molar-refractivity contribution in [2.24, 2.45) is 11.7 Å². The van der Waals surface area contributed by atoms with Crippen LogP contribution in [-0.2, 0) is 14.8 Å². The van der Waals surface area contributed by atoms with Crippen molar-refractivity contribution in [3.05, 3.63) is 29.8 Å². The fraction of sp³-hybridized carbons (Fsp3) is 0.467. The quantitative estimate of drug-likeness (QED) is 0.826. The fourth-order valence-electron chi connectivity index (χ4n) is 2.55. The van der Waals surface area contributed by atoms with Crippen LogP contribution in [0.2, 0.25) is 0 Å². The number of nitrogens with two attached hydrogens (primary N) is 1. The zero-order valence-electron chi connectivity index (χ0n) is 13.0. The molecule has 1 aliphatic heterocycles. The van der Waals surface area contributed by atoms with Crippen LogP contribution >= 0.6 is 0 Å². The summed E-state index contributed by atoms with van der Waals surface area (Å²) in [7, 11) is -3.27. The van der Waals surface area contributed by atoms with Crippen LogP contribution in [-0.4, -0.2) is 43.4 Å². The number of anilines is 1. The largest absolute Gasteiger partial charge is 0.366 e. The molecule has 2 rings (SSSR count). The topological polar surface area (TPSA) is 110 Å². The Balaban J connectivity index is 2.01. The number of nitrogens with one attached hydrogen (secondary N) is 1. The Bertz CT molecular complexity index is 685. The van der Waals surface area contributed by atoms with Crippen molar-refractivity contribution in [3.8, 4) is 0 Å². The van der Waals surface area contributed by atoms with E-state index in [-0.39, 0.29) is 24.1 Å². The molecule has 1 saturated heterocycles. The maximum absolute atomic E-state index is 12.3. The molecule has 0 bridgehead atoms. The first kappa shape index (κ1) is 17.4. The van der Waals surface area contributed by atoms with E-state index in [1.165, 1.54) is 16.4 Å². The lowest BCUT2D eigenvalue weighted by Crippen LogP contribution is -2.44. The highest BCUT2D eigenvalue weighted by Crippen LogP contribution is 2.21. The molecular weight excluding hydrogens is 318 g/mol. The molecule has 0 aromatic heterocycles. The van der Waals surface area contributed by atoms with Crippen LogP contribution in [0.15, 0.2) is 24.3 Å². The highest BCUT2D eigenvalue weighted by atomic mass is 32.2. The highest BCUT2D eigenvalue weighted by Gasteiger charge is 2.31. The van der Waals surface area contributed by atoms with E-state index < -0.39 is 15.9 Å². The summed E-state index contributed by atoms with van der Waals surface area (Å²) in [6, 6.07) is 6.27. The Hall–Kier alpha value is -1.93. The van der Waals surface area contributed by atoms with E-state index in [1.807, 2.05) is 0 Å². The second-order valence-corrected chi connectivity index (χ2v) is 7.79. The van der Waals surface area contributed by atoms with E-state index in [1.54, 1.807) is 19.1 Å². The standard InChI is InChI=1S/C15H21N3O4S/c1-2-23(21,22)18-9-3-4-12(10-18)15(20)17-13-7-5-11(6-8-13)14(16)19/h5-8,12H,2-4,9-10H2,1H3,(H2,16,19)(H,17,20)/t12-/m0/s1. The van der Waals surface area contributed by atoms with Gasteiger partial charge in [-0.25, -0.2) is 12.7 Å². The summed E-state index contributed by atoms with van der Waals surface area (Å²) in [5.41, 5.74) is 6.08. The smallest absolute Gasteiger partial charge is 0.248 e. The molecule has 1 fully saturated rings. The average molecular weight is 339 g/mol. The first-order chi connectivity index (χ1) is 10.8. The molecule has 1 aromatic carbocycles. The number of piperidine rings is 1. The number of hydrogen-bond donors (Lipinski definition) is 2. The van der Waals surface area contributed by atoms with Crippen molar-refractivity contribution < 1.29 is 18.0 Å². The van der Waals surface area contributed by atoms with Gasteiger partial charge in [0.2, 0.25) is 21.8 Å². The van der Waals surface area contributed by atoms with Crippen molar-refractivity contribution in [2.45, 2.75) is 19.8 Å². The van der Waals surface area contributed by atoms with Crippen LogP contribution in [0.25, 0.3) is 0 Å². The van der Waals surface area contributed by atoms with Crippen LogP contribution in [0.3, 0.4) is 0 Å². The van der Waals surface area contributed by atoms with E-state index in [2.05, 4.69) is 5.32 Å². The number of sulfonamides is 1. The predicted molar refractivity (Wildman–Crippen MR) is 87.3 cm³/mol. The number of carbonyl (C=O) groups excluding carboxylic acids is 2. The van der Waals surface area contributed by atoms with Gasteiger partial charge in [-0.2, -0.15) is 0 Å². The minimum absolute atomic E-state index is 0.0376. The average Bonchev–Trinajstić information content (AvgIpc) is 2.55. The summed E-state index contributed by atoms with van der Waals surface area (Å²) in [4.78, 5) is 23.3. The maximum Gasteiger partial charge on any atom is 0.248 e. The van der Waals surface area contributed by atoms with Gasteiger partial charge in [-0.15, -0.1) is 0 Å². The Kier molecular flexibility index (Phi) is 5.38. The van der Waals surface area contributed by atoms with Crippen LogP contribution in [0.4, 0.5) is 5.69 Å². The molecule has 2 amide bonds. The molecule has 0 radical (unpaired) electrons. The van der Waals surface area contributed by atoms with Crippen molar-refractivity contribution in [2.75, 3.05) is 24.2 Å². The number of amides is 2. The molecule has 1 heterocycles. The molecule has 23 heavy (non-hydrogen) atoms. The van der Waals surface area contributed by atoms with Gasteiger partial charge in [0.15, 0.2) is 0 Å². The van der Waals surface area contributed by atoms with Gasteiger partial charge in [-0.05, 0) is 44.0 Å². The molecular formula is C15H21N3O4S. The minimum atomic E-state index is -3.27. The van der Waals surface area contributed by atoms with Gasteiger partial charge < -0.3 is 11.1 Å². The number of nitrogens with zero attached hydrogens (tertiary/aromatic N) is 1. The van der Waals surface area contributed by atoms with E-state index >= 15 is 0 Å². The Labute approximate surface area is 135 Å². The molecule has 7 nitrogen and oxygen atoms in total. The summed E-state index contributed by atoms with van der Waals surface area (Å²) in [6.45, 7) is 2.27. The first-order valence-corrected chi connectivity index (χ1v) is 9.13. The second-order valence-electron chi connectivity index (χ2n) is 5.53. The Morgan fingerprint density at radius 2 is 1.96 bits per heavy atom. The minimum Gasteiger partial charge on any atom is -0.366 e. The van der Waals surface area contributed by atoms with E-state index in [9.17, 15) is 18.0 Å². The van der Waals surface area contributed by atoms with Crippen molar-refractivity contribution in [1.29, 1.82) is 0 Å². The fourth-order valence-corrected chi connectivity index (χ4v) is 3.73. The number of rotatable bonds is 5. The lowest BCUT2D eigenvalue weighted by atomic mass is 9.98. The molecule has 0 saturated carbocycles. The van der Waals surface area contributed by atoms with E-state index in [0.29, 0.717) is 30.6 Å². The molecule has 1 aliphatic rings. The van der Waals surface area contributed by atoms with Gasteiger partial charge in [-0.3, -0.25) is 9.59 Å². The monoisotopic (exact) mass is 339 g/mol. The number of benzene rings is 1. The lowest BCUT2D eigenvalue weighted by Gasteiger charge is -2.30. The van der Waals surface area contributed by atoms with Crippen LogP contribution in [0.1, 0.15) is 30.1 Å². The van der Waals surface area contributed by atoms with Gasteiger partial charge in [-0.1, -0.05) is 0 Å². The molecule has 1 aromatic rings. The van der Waals surface area contributed by atoms with E-state index in [0.717, 1.165) is 0 Å². The van der Waals surface area contributed by atoms with Crippen molar-refractivity contribution >= 4 is 27.5 Å². The number of hydrogen-bond acceptors (Lipinski definition) is 4. The van der Waals surface area contributed by atoms with Crippen LogP contribution < -0.4 is 11.1 Å². The Morgan fingerprint density at radius 3 is 2.52 bits per heavy atom. The number of carbonyl (C=O) groups is 2. The molecule has 3 N–H and O–H groups in total. The normalized spacial score (nSPS) is 19.3. The van der Waals surface area contributed by atoms with Gasteiger partial charge in [0.05, 0.1) is 11.7 Å². The summed E-state index contributed by atoms with van der Waals surface area (Å²) >= 11 is 0. The molecule has 1 atom stereocenters. The third kappa shape index (κ3) is 4.29. The maximum atomic E-state index is 12.3. The van der Waals surface area contributed by atoms with Gasteiger partial charge >= 0.3 is 0 Å². The Morgan fingerprint density at radius 1 is 1.30 bits per heavy atom. The van der Waals surface area contributed by atoms with E-state index in [4.69, 9.17) is 5.73 Å². The molecule has 8 heteroatoms. The SMILES string of the molecule is CCS(=O)(=O)N1CCC[C@H](C(=O)Nc2ccc(C(N)=O)cc2)C1. The van der Waals surface area contributed by atoms with Crippen molar-refractivity contribution in [3.63, 3.8) is 0 Å². The number of primary amides is 1. The molecule has 0 spiro atoms. The zero-order chi connectivity index (χ0) is 17.0. The molecule has 126 valence electrons. The highest BCUT2D eigenvalue weighted by molar-refractivity contribution is 7.89. The summed E-state index contributed by atoms with van der Waals surface area (Å²) < 4.78 is 25.3. The molecule has 0 unspecified atom stereocenters. The third-order valence-electron chi connectivity index (χ3n) is 3.95. The first-order valence-electron chi connectivity index (χ1n) is 7.52. The summed E-state index contributed by atoms with van der Waals surface area (Å²) in [5.74, 6) is -1.08. The van der Waals surface area contributed by atoms with Crippen molar-refractivity contribution in [1.82, 2.24) is 4.31 Å². The zero-order valence-corrected chi connectivity index (χ0v) is 13.8. The molecule has 0 aliphatic carbocycles. The van der Waals surface area contributed by atoms with Gasteiger partial charge in [0, 0.05) is 24.3 Å². The van der Waals surface area contributed by atoms with Crippen LogP contribution in [0, 0.1) is 5.92 Å². The van der Waals surface area contributed by atoms with Crippen LogP contribution in [0.5, 0.6) is 0 Å². The van der Waals surface area contributed by atoms with Gasteiger partial charge in [0.1, 0.15) is 0 Å². The second kappa shape index (κ2) is 7.10. The van der Waals surface area contributed by atoms with Gasteiger partial charge in [0.25, 0.3) is 0 Å². The lowest BCUT2D eigenvalue weighted by molar-refractivity contribution is -0.120. The summed E-state index contributed by atoms with van der Waals surface area (Å²) in [6.07, 6.45) is 1.32. The third-order valence-corrected chi connectivity index (χ3v) is 5.80. The summed E-state index contributed by atoms with van der Waals surface area (Å²) in [5, 5.41) is 2.76. The predicted octanol–water partition coefficient (Wildman–Crippen LogP) is 0.786.